The van der Waals surface area contributed by atoms with E-state index in [9.17, 15) is 4.79 Å². The molecular formula is C15H20N2O2. The van der Waals surface area contributed by atoms with Crippen molar-refractivity contribution in [2.45, 2.75) is 19.9 Å². The van der Waals surface area contributed by atoms with Crippen LogP contribution < -0.4 is 10.3 Å². The zero-order valence-electron chi connectivity index (χ0n) is 11.6. The van der Waals surface area contributed by atoms with Crippen molar-refractivity contribution < 1.29 is 4.74 Å². The van der Waals surface area contributed by atoms with Gasteiger partial charge in [-0.05, 0) is 44.5 Å². The predicted octanol–water partition coefficient (Wildman–Crippen LogP) is 2.25. The second kappa shape index (κ2) is 5.89. The molecule has 0 bridgehead atoms. The van der Waals surface area contributed by atoms with Crippen molar-refractivity contribution in [3.05, 3.63) is 40.8 Å². The molecule has 0 saturated carbocycles. The lowest BCUT2D eigenvalue weighted by atomic mass is 10.2. The Morgan fingerprint density at radius 3 is 2.84 bits per heavy atom. The Kier molecular flexibility index (Phi) is 4.22. The van der Waals surface area contributed by atoms with Crippen molar-refractivity contribution in [2.24, 2.45) is 0 Å². The summed E-state index contributed by atoms with van der Waals surface area (Å²) in [5, 5.41) is 1.59. The molecule has 1 aromatic heterocycles. The van der Waals surface area contributed by atoms with Crippen LogP contribution in [0.2, 0.25) is 0 Å². The molecule has 0 radical (unpaired) electrons. The number of ether oxygens (including phenoxy) is 1. The van der Waals surface area contributed by atoms with Crippen molar-refractivity contribution in [2.75, 3.05) is 20.2 Å². The standard InChI is InChI=1S/C15H20N2O2/c1-11(2)17(3)8-9-19-13-5-4-12-6-7-16-15(18)14(12)10-13/h4-7,10-11H,8-9H2,1-3H3,(H,16,18). The molecule has 2 rings (SSSR count). The summed E-state index contributed by atoms with van der Waals surface area (Å²) in [5.41, 5.74) is -0.0813. The highest BCUT2D eigenvalue weighted by molar-refractivity contribution is 5.82. The summed E-state index contributed by atoms with van der Waals surface area (Å²) in [5.74, 6) is 0.737. The van der Waals surface area contributed by atoms with E-state index in [1.54, 1.807) is 12.3 Å². The maximum absolute atomic E-state index is 11.7. The third-order valence-corrected chi connectivity index (χ3v) is 3.34. The van der Waals surface area contributed by atoms with E-state index in [-0.39, 0.29) is 5.56 Å². The Labute approximate surface area is 113 Å². The van der Waals surface area contributed by atoms with Crippen LogP contribution in [0.1, 0.15) is 13.8 Å². The van der Waals surface area contributed by atoms with Crippen molar-refractivity contribution in [1.82, 2.24) is 9.88 Å². The lowest BCUT2D eigenvalue weighted by Gasteiger charge is -2.20. The quantitative estimate of drug-likeness (QED) is 0.896. The van der Waals surface area contributed by atoms with Gasteiger partial charge in [0.05, 0.1) is 5.39 Å². The average Bonchev–Trinajstić information content (AvgIpc) is 2.39. The van der Waals surface area contributed by atoms with E-state index in [0.717, 1.165) is 17.7 Å². The minimum Gasteiger partial charge on any atom is -0.492 e. The molecule has 102 valence electrons. The first-order chi connectivity index (χ1) is 9.08. The molecule has 0 unspecified atom stereocenters. The van der Waals surface area contributed by atoms with Crippen LogP contribution >= 0.6 is 0 Å². The van der Waals surface area contributed by atoms with E-state index >= 15 is 0 Å². The van der Waals surface area contributed by atoms with Gasteiger partial charge in [-0.2, -0.15) is 0 Å². The number of nitrogens with one attached hydrogen (secondary N) is 1. The van der Waals surface area contributed by atoms with Gasteiger partial charge in [-0.3, -0.25) is 4.79 Å². The van der Waals surface area contributed by atoms with Crippen molar-refractivity contribution >= 4 is 10.8 Å². The average molecular weight is 260 g/mol. The third kappa shape index (κ3) is 3.35. The van der Waals surface area contributed by atoms with Crippen LogP contribution in [0.15, 0.2) is 35.3 Å². The first kappa shape index (κ1) is 13.6. The maximum atomic E-state index is 11.7. The second-order valence-corrected chi connectivity index (χ2v) is 4.98. The number of hydrogen-bond acceptors (Lipinski definition) is 3. The van der Waals surface area contributed by atoms with Gasteiger partial charge in [0.15, 0.2) is 0 Å². The SMILES string of the molecule is CC(C)N(C)CCOc1ccc2cc[nH]c(=O)c2c1. The zero-order chi connectivity index (χ0) is 13.8. The highest BCUT2D eigenvalue weighted by Crippen LogP contribution is 2.17. The van der Waals surface area contributed by atoms with Crippen LogP contribution in [0, 0.1) is 0 Å². The monoisotopic (exact) mass is 260 g/mol. The van der Waals surface area contributed by atoms with Crippen LogP contribution in [0.3, 0.4) is 0 Å². The Bertz CT molecular complexity index is 604. The summed E-state index contributed by atoms with van der Waals surface area (Å²) in [6.45, 7) is 5.77. The molecule has 4 nitrogen and oxygen atoms in total. The van der Waals surface area contributed by atoms with Crippen LogP contribution in [0.25, 0.3) is 10.8 Å². The molecule has 0 saturated heterocycles. The molecule has 1 aromatic carbocycles. The van der Waals surface area contributed by atoms with Gasteiger partial charge in [0.1, 0.15) is 12.4 Å². The minimum absolute atomic E-state index is 0.0813. The molecule has 0 fully saturated rings. The van der Waals surface area contributed by atoms with Gasteiger partial charge in [0.2, 0.25) is 0 Å². The third-order valence-electron chi connectivity index (χ3n) is 3.34. The number of benzene rings is 1. The van der Waals surface area contributed by atoms with E-state index in [1.807, 2.05) is 18.2 Å². The summed E-state index contributed by atoms with van der Waals surface area (Å²) < 4.78 is 5.70. The lowest BCUT2D eigenvalue weighted by Crippen LogP contribution is -2.30. The number of likely N-dealkylation sites (N-methyl/N-ethyl adjacent to an activating group) is 1. The number of aromatic amines is 1. The normalized spacial score (nSPS) is 11.4. The van der Waals surface area contributed by atoms with Gasteiger partial charge >= 0.3 is 0 Å². The Balaban J connectivity index is 2.06. The van der Waals surface area contributed by atoms with Crippen molar-refractivity contribution in [1.29, 1.82) is 0 Å². The molecule has 0 atom stereocenters. The van der Waals surface area contributed by atoms with Gasteiger partial charge in [-0.15, -0.1) is 0 Å². The summed E-state index contributed by atoms with van der Waals surface area (Å²) in [7, 11) is 2.07. The number of aromatic nitrogens is 1. The van der Waals surface area contributed by atoms with Crippen LogP contribution in [0.4, 0.5) is 0 Å². The first-order valence-electron chi connectivity index (χ1n) is 6.52. The van der Waals surface area contributed by atoms with Crippen molar-refractivity contribution in [3.63, 3.8) is 0 Å². The Hall–Kier alpha value is -1.81. The fraction of sp³-hybridized carbons (Fsp3) is 0.400. The summed E-state index contributed by atoms with van der Waals surface area (Å²) in [6.07, 6.45) is 1.66. The number of H-pyrrole nitrogens is 1. The fourth-order valence-corrected chi connectivity index (χ4v) is 1.82. The number of nitrogens with zero attached hydrogens (tertiary/aromatic N) is 1. The first-order valence-corrected chi connectivity index (χ1v) is 6.52. The molecule has 0 spiro atoms. The van der Waals surface area contributed by atoms with Gasteiger partial charge in [-0.1, -0.05) is 6.07 Å². The molecule has 0 aliphatic carbocycles. The molecule has 0 aliphatic heterocycles. The zero-order valence-corrected chi connectivity index (χ0v) is 11.6. The smallest absolute Gasteiger partial charge is 0.255 e. The van der Waals surface area contributed by atoms with E-state index in [0.29, 0.717) is 18.0 Å². The number of pyridine rings is 1. The molecule has 0 aliphatic rings. The van der Waals surface area contributed by atoms with E-state index in [2.05, 4.69) is 30.8 Å². The molecular weight excluding hydrogens is 240 g/mol. The highest BCUT2D eigenvalue weighted by Gasteiger charge is 2.04. The van der Waals surface area contributed by atoms with Gasteiger partial charge < -0.3 is 14.6 Å². The van der Waals surface area contributed by atoms with Crippen LogP contribution in [-0.2, 0) is 0 Å². The topological polar surface area (TPSA) is 45.3 Å². The lowest BCUT2D eigenvalue weighted by molar-refractivity contribution is 0.208. The minimum atomic E-state index is -0.0813. The molecule has 2 aromatic rings. The molecule has 0 amide bonds. The maximum Gasteiger partial charge on any atom is 0.255 e. The van der Waals surface area contributed by atoms with Gasteiger partial charge in [0.25, 0.3) is 5.56 Å². The van der Waals surface area contributed by atoms with E-state index in [1.165, 1.54) is 0 Å². The molecule has 4 heteroatoms. The molecule has 19 heavy (non-hydrogen) atoms. The summed E-state index contributed by atoms with van der Waals surface area (Å²) >= 11 is 0. The number of hydrogen-bond donors (Lipinski definition) is 1. The summed E-state index contributed by atoms with van der Waals surface area (Å²) in [6, 6.07) is 7.99. The number of rotatable bonds is 5. The van der Waals surface area contributed by atoms with Gasteiger partial charge in [-0.25, -0.2) is 0 Å². The van der Waals surface area contributed by atoms with Crippen molar-refractivity contribution in [3.8, 4) is 5.75 Å². The fourth-order valence-electron chi connectivity index (χ4n) is 1.82. The predicted molar refractivity (Wildman–Crippen MR) is 77.8 cm³/mol. The summed E-state index contributed by atoms with van der Waals surface area (Å²) in [4.78, 5) is 16.6. The highest BCUT2D eigenvalue weighted by atomic mass is 16.5. The molecule has 1 N–H and O–H groups in total. The van der Waals surface area contributed by atoms with Gasteiger partial charge in [0, 0.05) is 18.8 Å². The van der Waals surface area contributed by atoms with Crippen LogP contribution in [-0.4, -0.2) is 36.1 Å². The number of fused-ring (bicyclic) bond motifs is 1. The Morgan fingerprint density at radius 2 is 2.11 bits per heavy atom. The second-order valence-electron chi connectivity index (χ2n) is 4.98. The Morgan fingerprint density at radius 1 is 1.32 bits per heavy atom. The van der Waals surface area contributed by atoms with Crippen LogP contribution in [0.5, 0.6) is 5.75 Å². The molecule has 1 heterocycles. The largest absolute Gasteiger partial charge is 0.492 e. The van der Waals surface area contributed by atoms with E-state index in [4.69, 9.17) is 4.74 Å². The van der Waals surface area contributed by atoms with E-state index < -0.39 is 0 Å².